The third-order valence-corrected chi connectivity index (χ3v) is 3.55. The predicted molar refractivity (Wildman–Crippen MR) is 71.9 cm³/mol. The Balaban J connectivity index is 2.08. The molecule has 18 heavy (non-hydrogen) atoms. The van der Waals surface area contributed by atoms with E-state index < -0.39 is 0 Å². The molecule has 1 aliphatic rings. The molecular formula is C14H22N2O2. The molecule has 0 bridgehead atoms. The second-order valence-electron chi connectivity index (χ2n) is 4.79. The van der Waals surface area contributed by atoms with Gasteiger partial charge in [-0.25, -0.2) is 0 Å². The zero-order valence-corrected chi connectivity index (χ0v) is 11.1. The SMILES string of the molecule is CN[C@H](CN1CCC(O)C1)c1ccccc1OC. The summed E-state index contributed by atoms with van der Waals surface area (Å²) in [6.45, 7) is 2.63. The Hall–Kier alpha value is -1.10. The topological polar surface area (TPSA) is 44.7 Å². The molecule has 1 aliphatic heterocycles. The standard InChI is InChI=1S/C14H22N2O2/c1-15-13(10-16-8-7-11(17)9-16)12-5-3-4-6-14(12)18-2/h3-6,11,13,15,17H,7-10H2,1-2H3/t11?,13-/m1/s1. The molecule has 1 aromatic carbocycles. The highest BCUT2D eigenvalue weighted by Crippen LogP contribution is 2.26. The van der Waals surface area contributed by atoms with Gasteiger partial charge in [-0.15, -0.1) is 0 Å². The third kappa shape index (κ3) is 3.02. The molecule has 1 aromatic rings. The van der Waals surface area contributed by atoms with E-state index in [9.17, 15) is 5.11 Å². The molecule has 2 N–H and O–H groups in total. The molecule has 0 radical (unpaired) electrons. The maximum Gasteiger partial charge on any atom is 0.123 e. The number of nitrogens with one attached hydrogen (secondary N) is 1. The average molecular weight is 250 g/mol. The fourth-order valence-electron chi connectivity index (χ4n) is 2.54. The van der Waals surface area contributed by atoms with Gasteiger partial charge >= 0.3 is 0 Å². The summed E-state index contributed by atoms with van der Waals surface area (Å²) in [6, 6.07) is 8.31. The van der Waals surface area contributed by atoms with Crippen LogP contribution in [-0.4, -0.2) is 49.9 Å². The molecule has 0 aliphatic carbocycles. The molecule has 2 atom stereocenters. The Morgan fingerprint density at radius 2 is 2.28 bits per heavy atom. The summed E-state index contributed by atoms with van der Waals surface area (Å²) in [5.41, 5.74) is 1.17. The maximum absolute atomic E-state index is 9.57. The van der Waals surface area contributed by atoms with E-state index in [0.717, 1.165) is 31.8 Å². The first-order valence-electron chi connectivity index (χ1n) is 6.45. The Morgan fingerprint density at radius 1 is 1.50 bits per heavy atom. The number of β-amino-alcohol motifs (C(OH)–C–C–N with tert-alkyl or cyclic N) is 1. The van der Waals surface area contributed by atoms with Crippen LogP contribution in [0.2, 0.25) is 0 Å². The van der Waals surface area contributed by atoms with Crippen molar-refractivity contribution in [2.45, 2.75) is 18.6 Å². The summed E-state index contributed by atoms with van der Waals surface area (Å²) in [4.78, 5) is 2.29. The summed E-state index contributed by atoms with van der Waals surface area (Å²) in [5.74, 6) is 0.914. The number of aliphatic hydroxyl groups excluding tert-OH is 1. The smallest absolute Gasteiger partial charge is 0.123 e. The van der Waals surface area contributed by atoms with Crippen molar-refractivity contribution < 1.29 is 9.84 Å². The van der Waals surface area contributed by atoms with E-state index in [0.29, 0.717) is 0 Å². The van der Waals surface area contributed by atoms with E-state index in [4.69, 9.17) is 4.74 Å². The minimum absolute atomic E-state index is 0.167. The maximum atomic E-state index is 9.57. The fourth-order valence-corrected chi connectivity index (χ4v) is 2.54. The number of para-hydroxylation sites is 1. The third-order valence-electron chi connectivity index (χ3n) is 3.55. The molecule has 0 aromatic heterocycles. The van der Waals surface area contributed by atoms with Gasteiger partial charge < -0.3 is 15.2 Å². The van der Waals surface area contributed by atoms with Crippen molar-refractivity contribution in [3.8, 4) is 5.75 Å². The minimum atomic E-state index is -0.167. The lowest BCUT2D eigenvalue weighted by Crippen LogP contribution is -2.33. The lowest BCUT2D eigenvalue weighted by molar-refractivity contribution is 0.172. The molecule has 1 unspecified atom stereocenters. The highest BCUT2D eigenvalue weighted by molar-refractivity contribution is 5.36. The molecule has 0 amide bonds. The van der Waals surface area contributed by atoms with Gasteiger partial charge in [0, 0.05) is 31.2 Å². The Labute approximate surface area is 109 Å². The van der Waals surface area contributed by atoms with Crippen molar-refractivity contribution in [1.29, 1.82) is 0 Å². The second kappa shape index (κ2) is 6.18. The van der Waals surface area contributed by atoms with Crippen LogP contribution < -0.4 is 10.1 Å². The van der Waals surface area contributed by atoms with Crippen molar-refractivity contribution in [3.63, 3.8) is 0 Å². The zero-order valence-electron chi connectivity index (χ0n) is 11.1. The Bertz CT molecular complexity index is 384. The van der Waals surface area contributed by atoms with Gasteiger partial charge in [-0.1, -0.05) is 18.2 Å². The largest absolute Gasteiger partial charge is 0.496 e. The summed E-state index contributed by atoms with van der Waals surface area (Å²) >= 11 is 0. The number of ether oxygens (including phenoxy) is 1. The normalized spacial score (nSPS) is 22.1. The van der Waals surface area contributed by atoms with Crippen molar-refractivity contribution in [3.05, 3.63) is 29.8 Å². The van der Waals surface area contributed by atoms with Crippen LogP contribution in [-0.2, 0) is 0 Å². The Morgan fingerprint density at radius 3 is 2.89 bits per heavy atom. The van der Waals surface area contributed by atoms with Gasteiger partial charge in [-0.3, -0.25) is 4.90 Å². The predicted octanol–water partition coefficient (Wildman–Crippen LogP) is 1.02. The van der Waals surface area contributed by atoms with Gasteiger partial charge in [0.2, 0.25) is 0 Å². The summed E-state index contributed by atoms with van der Waals surface area (Å²) in [6.07, 6.45) is 0.711. The monoisotopic (exact) mass is 250 g/mol. The van der Waals surface area contributed by atoms with Crippen LogP contribution in [0.5, 0.6) is 5.75 Å². The highest BCUT2D eigenvalue weighted by atomic mass is 16.5. The summed E-state index contributed by atoms with van der Waals surface area (Å²) < 4.78 is 5.41. The number of aliphatic hydroxyl groups is 1. The van der Waals surface area contributed by atoms with Crippen molar-refractivity contribution >= 4 is 0 Å². The van der Waals surface area contributed by atoms with Crippen molar-refractivity contribution in [2.75, 3.05) is 33.8 Å². The highest BCUT2D eigenvalue weighted by Gasteiger charge is 2.24. The van der Waals surface area contributed by atoms with Crippen LogP contribution in [0.3, 0.4) is 0 Å². The molecule has 2 rings (SSSR count). The summed E-state index contributed by atoms with van der Waals surface area (Å²) in [5, 5.41) is 12.9. The van der Waals surface area contributed by atoms with Gasteiger partial charge in [0.05, 0.1) is 13.2 Å². The number of rotatable bonds is 5. The number of methoxy groups -OCH3 is 1. The second-order valence-corrected chi connectivity index (χ2v) is 4.79. The van der Waals surface area contributed by atoms with E-state index in [-0.39, 0.29) is 12.1 Å². The molecule has 0 spiro atoms. The van der Waals surface area contributed by atoms with Gasteiger partial charge in [-0.05, 0) is 19.5 Å². The van der Waals surface area contributed by atoms with E-state index in [1.54, 1.807) is 7.11 Å². The number of benzene rings is 1. The molecule has 4 nitrogen and oxygen atoms in total. The number of hydrogen-bond donors (Lipinski definition) is 2. The zero-order chi connectivity index (χ0) is 13.0. The molecule has 1 saturated heterocycles. The van der Waals surface area contributed by atoms with Gasteiger partial charge in [0.25, 0.3) is 0 Å². The molecular weight excluding hydrogens is 228 g/mol. The Kier molecular flexibility index (Phi) is 4.58. The van der Waals surface area contributed by atoms with E-state index in [1.165, 1.54) is 5.56 Å². The van der Waals surface area contributed by atoms with E-state index in [1.807, 2.05) is 25.2 Å². The number of nitrogens with zero attached hydrogens (tertiary/aromatic N) is 1. The number of likely N-dealkylation sites (N-methyl/N-ethyl adjacent to an activating group) is 1. The molecule has 100 valence electrons. The van der Waals surface area contributed by atoms with Crippen LogP contribution >= 0.6 is 0 Å². The van der Waals surface area contributed by atoms with Crippen LogP contribution in [0.1, 0.15) is 18.0 Å². The number of hydrogen-bond acceptors (Lipinski definition) is 4. The van der Waals surface area contributed by atoms with Gasteiger partial charge in [0.1, 0.15) is 5.75 Å². The quantitative estimate of drug-likeness (QED) is 0.819. The first-order chi connectivity index (χ1) is 8.74. The van der Waals surface area contributed by atoms with Gasteiger partial charge in [0.15, 0.2) is 0 Å². The first-order valence-corrected chi connectivity index (χ1v) is 6.45. The average Bonchev–Trinajstić information content (AvgIpc) is 2.81. The van der Waals surface area contributed by atoms with Crippen LogP contribution in [0, 0.1) is 0 Å². The molecule has 0 saturated carbocycles. The molecule has 1 fully saturated rings. The van der Waals surface area contributed by atoms with E-state index >= 15 is 0 Å². The summed E-state index contributed by atoms with van der Waals surface area (Å²) in [7, 11) is 3.66. The fraction of sp³-hybridized carbons (Fsp3) is 0.571. The van der Waals surface area contributed by atoms with Crippen LogP contribution in [0.15, 0.2) is 24.3 Å². The van der Waals surface area contributed by atoms with Crippen molar-refractivity contribution in [1.82, 2.24) is 10.2 Å². The molecule has 4 heteroatoms. The van der Waals surface area contributed by atoms with Crippen molar-refractivity contribution in [2.24, 2.45) is 0 Å². The van der Waals surface area contributed by atoms with E-state index in [2.05, 4.69) is 16.3 Å². The minimum Gasteiger partial charge on any atom is -0.496 e. The molecule has 1 heterocycles. The van der Waals surface area contributed by atoms with Gasteiger partial charge in [-0.2, -0.15) is 0 Å². The first kappa shape index (κ1) is 13.3. The number of likely N-dealkylation sites (tertiary alicyclic amines) is 1. The van der Waals surface area contributed by atoms with Crippen LogP contribution in [0.4, 0.5) is 0 Å². The lowest BCUT2D eigenvalue weighted by Gasteiger charge is -2.24. The lowest BCUT2D eigenvalue weighted by atomic mass is 10.1. The van der Waals surface area contributed by atoms with Crippen LogP contribution in [0.25, 0.3) is 0 Å².